The fourth-order valence-corrected chi connectivity index (χ4v) is 1.17. The summed E-state index contributed by atoms with van der Waals surface area (Å²) in [6, 6.07) is 0. The highest BCUT2D eigenvalue weighted by Gasteiger charge is 2.37. The second-order valence-corrected chi connectivity index (χ2v) is 6.36. The van der Waals surface area contributed by atoms with Crippen LogP contribution in [0, 0.1) is 12.3 Å². The Balaban J connectivity index is 4.55. The smallest absolute Gasteiger partial charge is 0.360 e. The zero-order valence-corrected chi connectivity index (χ0v) is 12.3. The number of carbonyl (C=O) groups is 1. The third-order valence-electron chi connectivity index (χ3n) is 2.03. The van der Waals surface area contributed by atoms with E-state index in [2.05, 4.69) is 5.92 Å². The lowest BCUT2D eigenvalue weighted by Crippen LogP contribution is -2.35. The van der Waals surface area contributed by atoms with Crippen molar-refractivity contribution in [2.45, 2.75) is 43.0 Å². The second kappa shape index (κ2) is 6.54. The number of ether oxygens (including phenoxy) is 1. The Kier molecular flexibility index (Phi) is 6.40. The number of alkyl halides is 3. The standard InChI is InChI=1S/C12H15Cl3O2/c1-5-11(4,8-6-7-9(2)3)17-10(16)12(13,14)15/h1,7H,6,8H2,2-4H3. The number of halogens is 3. The van der Waals surface area contributed by atoms with Gasteiger partial charge >= 0.3 is 5.97 Å². The molecule has 1 unspecified atom stereocenters. The van der Waals surface area contributed by atoms with E-state index in [0.717, 1.165) is 5.57 Å². The summed E-state index contributed by atoms with van der Waals surface area (Å²) in [6.07, 6.45) is 8.50. The average molecular weight is 298 g/mol. The van der Waals surface area contributed by atoms with Gasteiger partial charge in [0.05, 0.1) is 0 Å². The molecule has 96 valence electrons. The first kappa shape index (κ1) is 16.6. The van der Waals surface area contributed by atoms with Gasteiger partial charge in [-0.05, 0) is 27.2 Å². The van der Waals surface area contributed by atoms with Crippen LogP contribution in [0.3, 0.4) is 0 Å². The van der Waals surface area contributed by atoms with Crippen LogP contribution in [0.4, 0.5) is 0 Å². The molecule has 0 aliphatic heterocycles. The number of hydrogen-bond donors (Lipinski definition) is 0. The average Bonchev–Trinajstić information content (AvgIpc) is 2.15. The van der Waals surface area contributed by atoms with Crippen molar-refractivity contribution in [2.75, 3.05) is 0 Å². The minimum Gasteiger partial charge on any atom is -0.443 e. The summed E-state index contributed by atoms with van der Waals surface area (Å²) in [7, 11) is 0. The van der Waals surface area contributed by atoms with Crippen LogP contribution < -0.4 is 0 Å². The van der Waals surface area contributed by atoms with Gasteiger partial charge in [-0.1, -0.05) is 52.4 Å². The summed E-state index contributed by atoms with van der Waals surface area (Å²) in [5, 5.41) is 0. The van der Waals surface area contributed by atoms with E-state index in [4.69, 9.17) is 46.0 Å². The Bertz CT molecular complexity index is 346. The lowest BCUT2D eigenvalue weighted by molar-refractivity contribution is -0.152. The Morgan fingerprint density at radius 3 is 2.29 bits per heavy atom. The molecule has 0 aromatic carbocycles. The summed E-state index contributed by atoms with van der Waals surface area (Å²) in [5.74, 6) is 1.45. The predicted octanol–water partition coefficient (Wildman–Crippen LogP) is 4.04. The van der Waals surface area contributed by atoms with E-state index >= 15 is 0 Å². The van der Waals surface area contributed by atoms with E-state index < -0.39 is 15.4 Å². The van der Waals surface area contributed by atoms with Crippen molar-refractivity contribution < 1.29 is 9.53 Å². The van der Waals surface area contributed by atoms with Crippen LogP contribution in [0.1, 0.15) is 33.6 Å². The normalized spacial score (nSPS) is 14.4. The maximum atomic E-state index is 11.4. The first-order valence-corrected chi connectivity index (χ1v) is 6.15. The minimum atomic E-state index is -2.10. The molecule has 0 saturated carbocycles. The van der Waals surface area contributed by atoms with Gasteiger partial charge in [0.1, 0.15) is 0 Å². The maximum absolute atomic E-state index is 11.4. The number of esters is 1. The summed E-state index contributed by atoms with van der Waals surface area (Å²) >= 11 is 16.2. The minimum absolute atomic E-state index is 0.473. The van der Waals surface area contributed by atoms with Crippen molar-refractivity contribution in [1.82, 2.24) is 0 Å². The van der Waals surface area contributed by atoms with Crippen LogP contribution in [0.2, 0.25) is 0 Å². The molecule has 5 heteroatoms. The van der Waals surface area contributed by atoms with Crippen molar-refractivity contribution in [1.29, 1.82) is 0 Å². The van der Waals surface area contributed by atoms with E-state index in [-0.39, 0.29) is 0 Å². The van der Waals surface area contributed by atoms with Crippen LogP contribution in [0.15, 0.2) is 11.6 Å². The largest absolute Gasteiger partial charge is 0.443 e. The maximum Gasteiger partial charge on any atom is 0.360 e. The summed E-state index contributed by atoms with van der Waals surface area (Å²) in [6.45, 7) is 5.56. The van der Waals surface area contributed by atoms with Gasteiger partial charge in [-0.2, -0.15) is 0 Å². The monoisotopic (exact) mass is 296 g/mol. The van der Waals surface area contributed by atoms with Gasteiger partial charge in [-0.25, -0.2) is 4.79 Å². The highest BCUT2D eigenvalue weighted by Crippen LogP contribution is 2.30. The van der Waals surface area contributed by atoms with Gasteiger partial charge in [0.25, 0.3) is 3.79 Å². The molecule has 0 bridgehead atoms. The fourth-order valence-electron chi connectivity index (χ4n) is 1.05. The topological polar surface area (TPSA) is 26.3 Å². The molecular weight excluding hydrogens is 282 g/mol. The first-order valence-electron chi connectivity index (χ1n) is 5.02. The van der Waals surface area contributed by atoms with Crippen molar-refractivity contribution in [3.63, 3.8) is 0 Å². The Labute approximate surface area is 117 Å². The van der Waals surface area contributed by atoms with E-state index in [1.165, 1.54) is 0 Å². The number of terminal acetylenes is 1. The van der Waals surface area contributed by atoms with Crippen LogP contribution in [-0.2, 0) is 9.53 Å². The van der Waals surface area contributed by atoms with Crippen LogP contribution in [0.5, 0.6) is 0 Å². The first-order chi connectivity index (χ1) is 7.60. The van der Waals surface area contributed by atoms with E-state index in [1.54, 1.807) is 6.92 Å². The molecule has 0 aliphatic carbocycles. The fraction of sp³-hybridized carbons (Fsp3) is 0.583. The van der Waals surface area contributed by atoms with Crippen molar-refractivity contribution in [2.24, 2.45) is 0 Å². The van der Waals surface area contributed by atoms with Gasteiger partial charge in [-0.15, -0.1) is 6.42 Å². The van der Waals surface area contributed by atoms with Crippen LogP contribution in [-0.4, -0.2) is 15.4 Å². The summed E-state index contributed by atoms with van der Waals surface area (Å²) < 4.78 is 2.93. The predicted molar refractivity (Wildman–Crippen MR) is 72.3 cm³/mol. The van der Waals surface area contributed by atoms with E-state index in [0.29, 0.717) is 12.8 Å². The number of carbonyl (C=O) groups excluding carboxylic acids is 1. The second-order valence-electron chi connectivity index (χ2n) is 4.08. The molecule has 2 nitrogen and oxygen atoms in total. The molecule has 0 N–H and O–H groups in total. The molecule has 0 fully saturated rings. The van der Waals surface area contributed by atoms with Crippen molar-refractivity contribution >= 4 is 40.8 Å². The summed E-state index contributed by atoms with van der Waals surface area (Å²) in [4.78, 5) is 11.4. The van der Waals surface area contributed by atoms with E-state index in [1.807, 2.05) is 19.9 Å². The summed E-state index contributed by atoms with van der Waals surface area (Å²) in [5.41, 5.74) is 0.101. The van der Waals surface area contributed by atoms with Crippen LogP contribution in [0.25, 0.3) is 0 Å². The van der Waals surface area contributed by atoms with Crippen molar-refractivity contribution in [3.05, 3.63) is 11.6 Å². The molecule has 17 heavy (non-hydrogen) atoms. The molecule has 0 aromatic heterocycles. The highest BCUT2D eigenvalue weighted by atomic mass is 35.6. The molecule has 0 aromatic rings. The molecule has 0 aliphatic rings. The molecule has 0 radical (unpaired) electrons. The van der Waals surface area contributed by atoms with E-state index in [9.17, 15) is 4.79 Å². The quantitative estimate of drug-likeness (QED) is 0.339. The van der Waals surface area contributed by atoms with Crippen molar-refractivity contribution in [3.8, 4) is 12.3 Å². The molecule has 0 rings (SSSR count). The molecule has 0 heterocycles. The third-order valence-corrected chi connectivity index (χ3v) is 2.49. The zero-order chi connectivity index (χ0) is 13.7. The van der Waals surface area contributed by atoms with Gasteiger partial charge in [0, 0.05) is 6.42 Å². The van der Waals surface area contributed by atoms with Gasteiger partial charge in [0.2, 0.25) is 0 Å². The molecule has 0 saturated heterocycles. The SMILES string of the molecule is C#CC(C)(CCC=C(C)C)OC(=O)C(Cl)(Cl)Cl. The van der Waals surface area contributed by atoms with Gasteiger partial charge in [0.15, 0.2) is 5.60 Å². The van der Waals surface area contributed by atoms with Crippen LogP contribution >= 0.6 is 34.8 Å². The Morgan fingerprint density at radius 2 is 1.94 bits per heavy atom. The highest BCUT2D eigenvalue weighted by molar-refractivity contribution is 6.75. The Hall–Kier alpha value is -0.360. The number of allylic oxidation sites excluding steroid dienone is 2. The Morgan fingerprint density at radius 1 is 1.41 bits per heavy atom. The number of rotatable bonds is 4. The molecule has 1 atom stereocenters. The molecule has 0 amide bonds. The zero-order valence-electron chi connectivity index (χ0n) is 10.0. The third kappa shape index (κ3) is 6.83. The van der Waals surface area contributed by atoms with Gasteiger partial charge in [-0.3, -0.25) is 0 Å². The molecule has 0 spiro atoms. The van der Waals surface area contributed by atoms with Gasteiger partial charge < -0.3 is 4.74 Å². The molecular formula is C12H15Cl3O2. The number of hydrogen-bond acceptors (Lipinski definition) is 2. The lowest BCUT2D eigenvalue weighted by Gasteiger charge is -2.25. The lowest BCUT2D eigenvalue weighted by atomic mass is 10.00.